The van der Waals surface area contributed by atoms with Crippen molar-refractivity contribution in [3.05, 3.63) is 15.6 Å². The van der Waals surface area contributed by atoms with Gasteiger partial charge in [-0.2, -0.15) is 0 Å². The van der Waals surface area contributed by atoms with Crippen molar-refractivity contribution in [1.82, 2.24) is 15.6 Å². The Hall–Kier alpha value is -0.940. The molecule has 5 heteroatoms. The number of hydrogen-bond donors (Lipinski definition) is 2. The predicted octanol–water partition coefficient (Wildman–Crippen LogP) is 2.06. The molecule has 104 valence electrons. The van der Waals surface area contributed by atoms with Crippen molar-refractivity contribution in [2.24, 2.45) is 5.92 Å². The maximum absolute atomic E-state index is 12.2. The van der Waals surface area contributed by atoms with E-state index in [0.717, 1.165) is 30.2 Å². The first kappa shape index (κ1) is 13.1. The molecule has 1 saturated heterocycles. The Kier molecular flexibility index (Phi) is 3.84. The van der Waals surface area contributed by atoms with E-state index in [1.807, 2.05) is 6.92 Å². The van der Waals surface area contributed by atoms with Crippen LogP contribution in [0.15, 0.2) is 0 Å². The second-order valence-electron chi connectivity index (χ2n) is 5.68. The Balaban J connectivity index is 1.63. The number of nitrogens with one attached hydrogen (secondary N) is 2. The molecule has 1 aliphatic carbocycles. The summed E-state index contributed by atoms with van der Waals surface area (Å²) in [5.41, 5.74) is 0.899. The summed E-state index contributed by atoms with van der Waals surface area (Å²) in [6.07, 6.45) is 5.09. The third-order valence-corrected chi connectivity index (χ3v) is 5.46. The number of thiazole rings is 1. The van der Waals surface area contributed by atoms with Gasteiger partial charge in [0.25, 0.3) is 5.91 Å². The van der Waals surface area contributed by atoms with Gasteiger partial charge >= 0.3 is 0 Å². The molecule has 1 aliphatic heterocycles. The van der Waals surface area contributed by atoms with Gasteiger partial charge in [0.05, 0.1) is 10.7 Å². The Morgan fingerprint density at radius 3 is 2.79 bits per heavy atom. The van der Waals surface area contributed by atoms with E-state index in [1.54, 1.807) is 11.3 Å². The first-order valence-corrected chi connectivity index (χ1v) is 8.02. The van der Waals surface area contributed by atoms with Crippen LogP contribution in [0, 0.1) is 12.8 Å². The van der Waals surface area contributed by atoms with Crippen LogP contribution < -0.4 is 10.6 Å². The van der Waals surface area contributed by atoms with Crippen LogP contribution in [0.25, 0.3) is 0 Å². The molecule has 2 N–H and O–H groups in total. The van der Waals surface area contributed by atoms with Crippen molar-refractivity contribution < 1.29 is 4.79 Å². The molecular formula is C14H21N3OS. The second kappa shape index (κ2) is 5.59. The fourth-order valence-corrected chi connectivity index (χ4v) is 3.94. The number of hydrogen-bond acceptors (Lipinski definition) is 4. The van der Waals surface area contributed by atoms with Crippen molar-refractivity contribution in [3.63, 3.8) is 0 Å². The topological polar surface area (TPSA) is 54.0 Å². The highest BCUT2D eigenvalue weighted by molar-refractivity contribution is 7.13. The molecule has 0 aromatic carbocycles. The molecule has 2 heterocycles. The Morgan fingerprint density at radius 2 is 2.16 bits per heavy atom. The Morgan fingerprint density at radius 1 is 1.42 bits per heavy atom. The van der Waals surface area contributed by atoms with Crippen LogP contribution >= 0.6 is 11.3 Å². The molecule has 3 rings (SSSR count). The van der Waals surface area contributed by atoms with Gasteiger partial charge in [-0.1, -0.05) is 12.8 Å². The summed E-state index contributed by atoms with van der Waals surface area (Å²) in [5.74, 6) is 1.26. The van der Waals surface area contributed by atoms with E-state index in [-0.39, 0.29) is 5.91 Å². The van der Waals surface area contributed by atoms with Crippen LogP contribution in [-0.2, 0) is 0 Å². The lowest BCUT2D eigenvalue weighted by atomic mass is 10.0. The van der Waals surface area contributed by atoms with Crippen molar-refractivity contribution in [3.8, 4) is 0 Å². The highest BCUT2D eigenvalue weighted by atomic mass is 32.1. The summed E-state index contributed by atoms with van der Waals surface area (Å²) in [6.45, 7) is 4.78. The lowest BCUT2D eigenvalue weighted by molar-refractivity contribution is 0.0945. The lowest BCUT2D eigenvalue weighted by Gasteiger charge is -2.26. The fourth-order valence-electron chi connectivity index (χ4n) is 2.79. The smallest absolute Gasteiger partial charge is 0.263 e. The SMILES string of the molecule is Cc1nc(C2CCCC2)sc1C(=O)NCC1CNC1. The normalized spacial score (nSPS) is 20.5. The fraction of sp³-hybridized carbons (Fsp3) is 0.714. The summed E-state index contributed by atoms with van der Waals surface area (Å²) in [5, 5.41) is 7.43. The number of aryl methyl sites for hydroxylation is 1. The van der Waals surface area contributed by atoms with Crippen molar-refractivity contribution in [1.29, 1.82) is 0 Å². The first-order chi connectivity index (χ1) is 9.24. The molecule has 0 radical (unpaired) electrons. The van der Waals surface area contributed by atoms with E-state index in [9.17, 15) is 4.79 Å². The molecule has 0 spiro atoms. The third-order valence-electron chi connectivity index (χ3n) is 4.14. The number of nitrogens with zero attached hydrogens (tertiary/aromatic N) is 1. The maximum atomic E-state index is 12.2. The summed E-state index contributed by atoms with van der Waals surface area (Å²) in [4.78, 5) is 17.6. The van der Waals surface area contributed by atoms with Crippen LogP contribution in [0.4, 0.5) is 0 Å². The van der Waals surface area contributed by atoms with Gasteiger partial charge in [-0.3, -0.25) is 4.79 Å². The molecule has 0 unspecified atom stereocenters. The minimum absolute atomic E-state index is 0.0612. The standard InChI is InChI=1S/C14H21N3OS/c1-9-12(13(18)16-8-10-6-15-7-10)19-14(17-9)11-4-2-3-5-11/h10-11,15H,2-8H2,1H3,(H,16,18). The molecule has 1 aromatic heterocycles. The van der Waals surface area contributed by atoms with Crippen LogP contribution in [0.5, 0.6) is 0 Å². The minimum Gasteiger partial charge on any atom is -0.351 e. The second-order valence-corrected chi connectivity index (χ2v) is 6.71. The first-order valence-electron chi connectivity index (χ1n) is 7.20. The van der Waals surface area contributed by atoms with Gasteiger partial charge in [0.1, 0.15) is 4.88 Å². The largest absolute Gasteiger partial charge is 0.351 e. The maximum Gasteiger partial charge on any atom is 0.263 e. The van der Waals surface area contributed by atoms with E-state index < -0.39 is 0 Å². The summed E-state index contributed by atoms with van der Waals surface area (Å²) in [6, 6.07) is 0. The van der Waals surface area contributed by atoms with E-state index >= 15 is 0 Å². The highest BCUT2D eigenvalue weighted by Gasteiger charge is 2.24. The zero-order valence-electron chi connectivity index (χ0n) is 11.4. The van der Waals surface area contributed by atoms with Gasteiger partial charge in [0, 0.05) is 31.5 Å². The molecule has 1 saturated carbocycles. The Bertz CT molecular complexity index is 461. The zero-order chi connectivity index (χ0) is 13.2. The summed E-state index contributed by atoms with van der Waals surface area (Å²) >= 11 is 1.60. The van der Waals surface area contributed by atoms with Crippen molar-refractivity contribution in [2.45, 2.75) is 38.5 Å². The average Bonchev–Trinajstić information content (AvgIpc) is 2.95. The lowest BCUT2D eigenvalue weighted by Crippen LogP contribution is -2.48. The molecule has 1 amide bonds. The molecule has 0 atom stereocenters. The third kappa shape index (κ3) is 2.82. The summed E-state index contributed by atoms with van der Waals surface area (Å²) in [7, 11) is 0. The number of carbonyl (C=O) groups excluding carboxylic acids is 1. The molecule has 2 fully saturated rings. The molecule has 0 bridgehead atoms. The summed E-state index contributed by atoms with van der Waals surface area (Å²) < 4.78 is 0. The molecular weight excluding hydrogens is 258 g/mol. The number of rotatable bonds is 4. The van der Waals surface area contributed by atoms with E-state index in [4.69, 9.17) is 0 Å². The van der Waals surface area contributed by atoms with Crippen LogP contribution in [0.1, 0.15) is 52.0 Å². The van der Waals surface area contributed by atoms with Crippen LogP contribution in [-0.4, -0.2) is 30.5 Å². The molecule has 1 aromatic rings. The minimum atomic E-state index is 0.0612. The van der Waals surface area contributed by atoms with Gasteiger partial charge in [-0.15, -0.1) is 11.3 Å². The van der Waals surface area contributed by atoms with Gasteiger partial charge in [0.15, 0.2) is 0 Å². The van der Waals surface area contributed by atoms with Crippen LogP contribution in [0.3, 0.4) is 0 Å². The quantitative estimate of drug-likeness (QED) is 0.887. The number of aromatic nitrogens is 1. The monoisotopic (exact) mass is 279 g/mol. The molecule has 2 aliphatic rings. The van der Waals surface area contributed by atoms with Crippen molar-refractivity contribution in [2.75, 3.05) is 19.6 Å². The van der Waals surface area contributed by atoms with Gasteiger partial charge in [-0.05, 0) is 19.8 Å². The van der Waals surface area contributed by atoms with E-state index in [0.29, 0.717) is 11.8 Å². The van der Waals surface area contributed by atoms with Crippen LogP contribution in [0.2, 0.25) is 0 Å². The number of carbonyl (C=O) groups is 1. The zero-order valence-corrected chi connectivity index (χ0v) is 12.2. The van der Waals surface area contributed by atoms with E-state index in [1.165, 1.54) is 30.7 Å². The van der Waals surface area contributed by atoms with Gasteiger partial charge < -0.3 is 10.6 Å². The Labute approximate surface area is 118 Å². The molecule has 19 heavy (non-hydrogen) atoms. The van der Waals surface area contributed by atoms with Gasteiger partial charge in [0.2, 0.25) is 0 Å². The number of amides is 1. The molecule has 4 nitrogen and oxygen atoms in total. The average molecular weight is 279 g/mol. The highest BCUT2D eigenvalue weighted by Crippen LogP contribution is 2.37. The van der Waals surface area contributed by atoms with Crippen molar-refractivity contribution >= 4 is 17.2 Å². The van der Waals surface area contributed by atoms with Gasteiger partial charge in [-0.25, -0.2) is 4.98 Å². The van der Waals surface area contributed by atoms with E-state index in [2.05, 4.69) is 15.6 Å². The predicted molar refractivity (Wildman–Crippen MR) is 76.8 cm³/mol.